The van der Waals surface area contributed by atoms with Crippen molar-refractivity contribution in [2.75, 3.05) is 24.9 Å². The molecule has 27 heavy (non-hydrogen) atoms. The molecule has 3 rings (SSSR count). The lowest BCUT2D eigenvalue weighted by Gasteiger charge is -2.14. The van der Waals surface area contributed by atoms with Crippen LogP contribution in [0.15, 0.2) is 42.5 Å². The Kier molecular flexibility index (Phi) is 5.80. The van der Waals surface area contributed by atoms with Crippen LogP contribution in [0.1, 0.15) is 18.4 Å². The molecule has 2 aromatic carbocycles. The molecule has 0 aromatic heterocycles. The number of para-hydroxylation sites is 1. The van der Waals surface area contributed by atoms with Crippen molar-refractivity contribution < 1.29 is 19.1 Å². The minimum Gasteiger partial charge on any atom is -0.493 e. The molecule has 0 heterocycles. The molecule has 0 radical (unpaired) electrons. The lowest BCUT2D eigenvalue weighted by molar-refractivity contribution is -0.120. The molecular formula is C20H23N3O4. The summed E-state index contributed by atoms with van der Waals surface area (Å²) in [6.45, 7) is 0. The molecule has 7 nitrogen and oxygen atoms in total. The second-order valence-corrected chi connectivity index (χ2v) is 6.34. The van der Waals surface area contributed by atoms with E-state index in [2.05, 4.69) is 16.0 Å². The Hall–Kier alpha value is -3.22. The molecule has 0 saturated heterocycles. The van der Waals surface area contributed by atoms with Crippen LogP contribution in [0.4, 0.5) is 16.2 Å². The summed E-state index contributed by atoms with van der Waals surface area (Å²) in [5.41, 5.74) is 2.03. The second kappa shape index (κ2) is 8.44. The maximum absolute atomic E-state index is 12.3. The van der Waals surface area contributed by atoms with Gasteiger partial charge in [0.15, 0.2) is 11.5 Å². The lowest BCUT2D eigenvalue weighted by Crippen LogP contribution is -2.26. The average molecular weight is 369 g/mol. The predicted molar refractivity (Wildman–Crippen MR) is 103 cm³/mol. The highest BCUT2D eigenvalue weighted by molar-refractivity contribution is 6.01. The number of carbonyl (C=O) groups excluding carboxylic acids is 2. The number of ether oxygens (including phenoxy) is 2. The first-order valence-electron chi connectivity index (χ1n) is 8.76. The maximum atomic E-state index is 12.3. The van der Waals surface area contributed by atoms with E-state index in [-0.39, 0.29) is 5.91 Å². The maximum Gasteiger partial charge on any atom is 0.323 e. The molecule has 2 aromatic rings. The molecule has 1 aliphatic rings. The molecule has 1 fully saturated rings. The molecule has 1 saturated carbocycles. The topological polar surface area (TPSA) is 88.7 Å². The lowest BCUT2D eigenvalue weighted by atomic mass is 10.1. The Morgan fingerprint density at radius 3 is 2.37 bits per heavy atom. The number of benzene rings is 2. The van der Waals surface area contributed by atoms with Crippen LogP contribution in [0.3, 0.4) is 0 Å². The summed E-state index contributed by atoms with van der Waals surface area (Å²) in [6.07, 6.45) is 2.48. The number of hydrogen-bond donors (Lipinski definition) is 3. The van der Waals surface area contributed by atoms with E-state index in [1.807, 2.05) is 12.1 Å². The van der Waals surface area contributed by atoms with Gasteiger partial charge >= 0.3 is 6.03 Å². The normalized spacial score (nSPS) is 12.8. The van der Waals surface area contributed by atoms with Crippen LogP contribution in [-0.4, -0.2) is 32.2 Å². The van der Waals surface area contributed by atoms with Crippen LogP contribution >= 0.6 is 0 Å². The summed E-state index contributed by atoms with van der Waals surface area (Å²) in [6, 6.07) is 12.4. The minimum absolute atomic E-state index is 0.0288. The first kappa shape index (κ1) is 18.6. The second-order valence-electron chi connectivity index (χ2n) is 6.34. The average Bonchev–Trinajstić information content (AvgIpc) is 3.46. The molecule has 3 amide bonds. The van der Waals surface area contributed by atoms with E-state index >= 15 is 0 Å². The molecule has 0 bridgehead atoms. The smallest absolute Gasteiger partial charge is 0.323 e. The van der Waals surface area contributed by atoms with Crippen molar-refractivity contribution >= 4 is 23.3 Å². The molecule has 1 aliphatic carbocycles. The van der Waals surface area contributed by atoms with Gasteiger partial charge in [0.2, 0.25) is 5.91 Å². The van der Waals surface area contributed by atoms with Crippen molar-refractivity contribution in [2.24, 2.45) is 0 Å². The molecule has 142 valence electrons. The van der Waals surface area contributed by atoms with Gasteiger partial charge in [0.05, 0.1) is 26.3 Å². The zero-order valence-electron chi connectivity index (χ0n) is 15.4. The fourth-order valence-electron chi connectivity index (χ4n) is 2.67. The van der Waals surface area contributed by atoms with E-state index in [1.165, 1.54) is 14.2 Å². The van der Waals surface area contributed by atoms with Crippen molar-refractivity contribution in [3.05, 3.63) is 48.0 Å². The third-order valence-electron chi connectivity index (χ3n) is 4.17. The molecule has 0 aliphatic heterocycles. The number of carbonyl (C=O) groups is 2. The van der Waals surface area contributed by atoms with Gasteiger partial charge in [-0.05, 0) is 42.7 Å². The Labute approximate surface area is 158 Å². The number of anilines is 2. The number of methoxy groups -OCH3 is 2. The van der Waals surface area contributed by atoms with Crippen LogP contribution in [0.5, 0.6) is 11.5 Å². The Balaban J connectivity index is 1.57. The number of nitrogens with one attached hydrogen (secondary N) is 3. The summed E-state index contributed by atoms with van der Waals surface area (Å²) in [5, 5.41) is 8.45. The van der Waals surface area contributed by atoms with Gasteiger partial charge in [0.1, 0.15) is 0 Å². The molecule has 0 unspecified atom stereocenters. The molecule has 0 spiro atoms. The summed E-state index contributed by atoms with van der Waals surface area (Å²) < 4.78 is 10.5. The van der Waals surface area contributed by atoms with E-state index in [1.54, 1.807) is 30.3 Å². The van der Waals surface area contributed by atoms with Crippen LogP contribution in [-0.2, 0) is 11.2 Å². The predicted octanol–water partition coefficient (Wildman–Crippen LogP) is 3.17. The van der Waals surface area contributed by atoms with E-state index < -0.39 is 6.03 Å². The Morgan fingerprint density at radius 2 is 1.74 bits per heavy atom. The van der Waals surface area contributed by atoms with Gasteiger partial charge in [-0.3, -0.25) is 4.79 Å². The van der Waals surface area contributed by atoms with Crippen LogP contribution < -0.4 is 25.4 Å². The van der Waals surface area contributed by atoms with Crippen molar-refractivity contribution in [3.8, 4) is 11.5 Å². The van der Waals surface area contributed by atoms with Gasteiger partial charge < -0.3 is 25.4 Å². The van der Waals surface area contributed by atoms with Crippen LogP contribution in [0.2, 0.25) is 0 Å². The van der Waals surface area contributed by atoms with Crippen molar-refractivity contribution in [1.82, 2.24) is 5.32 Å². The minimum atomic E-state index is -0.402. The van der Waals surface area contributed by atoms with E-state index in [9.17, 15) is 9.59 Å². The number of amides is 3. The first-order chi connectivity index (χ1) is 13.1. The van der Waals surface area contributed by atoms with Gasteiger partial charge in [-0.1, -0.05) is 18.2 Å². The highest BCUT2D eigenvalue weighted by Crippen LogP contribution is 2.34. The monoisotopic (exact) mass is 369 g/mol. The summed E-state index contributed by atoms with van der Waals surface area (Å²) >= 11 is 0. The SMILES string of the molecule is COc1cccc(NC(=O)Nc2ccc(CC(=O)NC3CC3)cc2)c1OC. The zero-order valence-corrected chi connectivity index (χ0v) is 15.4. The largest absolute Gasteiger partial charge is 0.493 e. The van der Waals surface area contributed by atoms with E-state index in [0.29, 0.717) is 35.3 Å². The summed E-state index contributed by atoms with van der Waals surface area (Å²) in [7, 11) is 3.05. The van der Waals surface area contributed by atoms with Crippen LogP contribution in [0, 0.1) is 0 Å². The highest BCUT2D eigenvalue weighted by Gasteiger charge is 2.23. The number of urea groups is 1. The number of rotatable bonds is 7. The van der Waals surface area contributed by atoms with Crippen LogP contribution in [0.25, 0.3) is 0 Å². The third-order valence-corrected chi connectivity index (χ3v) is 4.17. The van der Waals surface area contributed by atoms with Crippen molar-refractivity contribution in [3.63, 3.8) is 0 Å². The standard InChI is InChI=1S/C20H23N3O4/c1-26-17-5-3-4-16(19(17)27-2)23-20(25)22-15-8-6-13(7-9-15)12-18(24)21-14-10-11-14/h3-9,14H,10-12H2,1-2H3,(H,21,24)(H2,22,23,25). The summed E-state index contributed by atoms with van der Waals surface area (Å²) in [4.78, 5) is 24.1. The molecule has 3 N–H and O–H groups in total. The van der Waals surface area contributed by atoms with Gasteiger partial charge in [0, 0.05) is 11.7 Å². The van der Waals surface area contributed by atoms with Gasteiger partial charge in [-0.2, -0.15) is 0 Å². The van der Waals surface area contributed by atoms with E-state index in [0.717, 1.165) is 18.4 Å². The highest BCUT2D eigenvalue weighted by atomic mass is 16.5. The molecule has 0 atom stereocenters. The zero-order chi connectivity index (χ0) is 19.2. The van der Waals surface area contributed by atoms with Crippen molar-refractivity contribution in [2.45, 2.75) is 25.3 Å². The summed E-state index contributed by atoms with van der Waals surface area (Å²) in [5.74, 6) is 1.01. The molecule has 7 heteroatoms. The van der Waals surface area contributed by atoms with E-state index in [4.69, 9.17) is 9.47 Å². The quantitative estimate of drug-likeness (QED) is 0.699. The Bertz CT molecular complexity index is 816. The first-order valence-corrected chi connectivity index (χ1v) is 8.76. The van der Waals surface area contributed by atoms with Gasteiger partial charge in [0.25, 0.3) is 0 Å². The fourth-order valence-corrected chi connectivity index (χ4v) is 2.67. The third kappa shape index (κ3) is 5.13. The van der Waals surface area contributed by atoms with Gasteiger partial charge in [-0.25, -0.2) is 4.79 Å². The molecular weight excluding hydrogens is 346 g/mol. The Morgan fingerprint density at radius 1 is 1.00 bits per heavy atom. The fraction of sp³-hybridized carbons (Fsp3) is 0.300. The van der Waals surface area contributed by atoms with Crippen molar-refractivity contribution in [1.29, 1.82) is 0 Å². The van der Waals surface area contributed by atoms with Gasteiger partial charge in [-0.15, -0.1) is 0 Å². The number of hydrogen-bond acceptors (Lipinski definition) is 4.